The minimum Gasteiger partial charge on any atom is -0.400 e. The predicted molar refractivity (Wildman–Crippen MR) is 53.4 cm³/mol. The Morgan fingerprint density at radius 2 is 2.08 bits per heavy atom. The van der Waals surface area contributed by atoms with Crippen molar-refractivity contribution in [1.29, 1.82) is 0 Å². The molecule has 3 heteroatoms. The maximum absolute atomic E-state index is 5.75. The normalized spacial score (nSPS) is 21.6. The fourth-order valence-electron chi connectivity index (χ4n) is 1.08. The SMILES string of the molecule is N/C(=C\c1ccc(Cl)cc1)[C@H]1CO1. The summed E-state index contributed by atoms with van der Waals surface area (Å²) in [7, 11) is 0. The first-order valence-corrected chi connectivity index (χ1v) is 4.48. The van der Waals surface area contributed by atoms with Gasteiger partial charge in [-0.1, -0.05) is 23.7 Å². The lowest BCUT2D eigenvalue weighted by Gasteiger charge is -1.96. The van der Waals surface area contributed by atoms with Crippen LogP contribution >= 0.6 is 11.6 Å². The zero-order valence-corrected chi connectivity index (χ0v) is 7.79. The zero-order valence-electron chi connectivity index (χ0n) is 7.03. The van der Waals surface area contributed by atoms with Crippen molar-refractivity contribution in [2.45, 2.75) is 6.10 Å². The van der Waals surface area contributed by atoms with Crippen molar-refractivity contribution >= 4 is 17.7 Å². The van der Waals surface area contributed by atoms with Crippen LogP contribution < -0.4 is 5.73 Å². The molecule has 1 aromatic carbocycles. The summed E-state index contributed by atoms with van der Waals surface area (Å²) < 4.78 is 5.05. The van der Waals surface area contributed by atoms with Crippen LogP contribution in [0, 0.1) is 0 Å². The van der Waals surface area contributed by atoms with Crippen molar-refractivity contribution in [2.24, 2.45) is 5.73 Å². The first-order valence-electron chi connectivity index (χ1n) is 4.10. The number of ether oxygens (including phenoxy) is 1. The van der Waals surface area contributed by atoms with Crippen molar-refractivity contribution in [2.75, 3.05) is 6.61 Å². The summed E-state index contributed by atoms with van der Waals surface area (Å²) in [6.07, 6.45) is 2.05. The molecule has 1 fully saturated rings. The molecule has 1 aromatic rings. The predicted octanol–water partition coefficient (Wildman–Crippen LogP) is 2.04. The molecule has 1 heterocycles. The lowest BCUT2D eigenvalue weighted by atomic mass is 10.2. The van der Waals surface area contributed by atoms with Gasteiger partial charge in [0.2, 0.25) is 0 Å². The minimum absolute atomic E-state index is 0.135. The third kappa shape index (κ3) is 2.23. The fourth-order valence-corrected chi connectivity index (χ4v) is 1.21. The molecule has 0 radical (unpaired) electrons. The maximum Gasteiger partial charge on any atom is 0.120 e. The molecule has 2 rings (SSSR count). The topological polar surface area (TPSA) is 38.5 Å². The molecule has 2 nitrogen and oxygen atoms in total. The molecule has 0 bridgehead atoms. The molecule has 1 saturated heterocycles. The Hall–Kier alpha value is -0.990. The van der Waals surface area contributed by atoms with Gasteiger partial charge in [-0.3, -0.25) is 0 Å². The first-order chi connectivity index (χ1) is 6.25. The van der Waals surface area contributed by atoms with Crippen LogP contribution in [0.2, 0.25) is 5.02 Å². The summed E-state index contributed by atoms with van der Waals surface area (Å²) in [5, 5.41) is 0.735. The summed E-state index contributed by atoms with van der Waals surface area (Å²) in [5.41, 5.74) is 7.59. The largest absolute Gasteiger partial charge is 0.400 e. The second-order valence-corrected chi connectivity index (χ2v) is 3.45. The van der Waals surface area contributed by atoms with Crippen molar-refractivity contribution in [3.8, 4) is 0 Å². The summed E-state index contributed by atoms with van der Waals surface area (Å²) in [6, 6.07) is 7.54. The van der Waals surface area contributed by atoms with Crippen molar-refractivity contribution in [1.82, 2.24) is 0 Å². The van der Waals surface area contributed by atoms with E-state index in [1.165, 1.54) is 0 Å². The van der Waals surface area contributed by atoms with Gasteiger partial charge >= 0.3 is 0 Å². The number of halogens is 1. The second kappa shape index (κ2) is 3.40. The third-order valence-electron chi connectivity index (χ3n) is 1.91. The van der Waals surface area contributed by atoms with E-state index in [4.69, 9.17) is 22.1 Å². The van der Waals surface area contributed by atoms with Crippen LogP contribution in [-0.2, 0) is 4.74 Å². The lowest BCUT2D eigenvalue weighted by molar-refractivity contribution is 0.431. The van der Waals surface area contributed by atoms with Crippen molar-refractivity contribution in [3.63, 3.8) is 0 Å². The first kappa shape index (κ1) is 8.60. The smallest absolute Gasteiger partial charge is 0.120 e. The molecule has 0 aromatic heterocycles. The highest BCUT2D eigenvalue weighted by Crippen LogP contribution is 2.18. The number of benzene rings is 1. The Bertz CT molecular complexity index is 327. The van der Waals surface area contributed by atoms with Crippen LogP contribution in [0.15, 0.2) is 30.0 Å². The summed E-state index contributed by atoms with van der Waals surface area (Å²) >= 11 is 5.75. The average molecular weight is 196 g/mol. The second-order valence-electron chi connectivity index (χ2n) is 3.02. The van der Waals surface area contributed by atoms with E-state index in [0.717, 1.165) is 22.9 Å². The average Bonchev–Trinajstić information content (AvgIpc) is 2.91. The van der Waals surface area contributed by atoms with E-state index in [0.29, 0.717) is 0 Å². The molecule has 1 aliphatic rings. The zero-order chi connectivity index (χ0) is 9.26. The molecule has 1 atom stereocenters. The van der Waals surface area contributed by atoms with Gasteiger partial charge in [0.05, 0.1) is 6.61 Å². The van der Waals surface area contributed by atoms with E-state index in [-0.39, 0.29) is 6.10 Å². The van der Waals surface area contributed by atoms with Gasteiger partial charge < -0.3 is 10.5 Å². The van der Waals surface area contributed by atoms with E-state index < -0.39 is 0 Å². The van der Waals surface area contributed by atoms with Crippen molar-refractivity contribution in [3.05, 3.63) is 40.5 Å². The molecule has 13 heavy (non-hydrogen) atoms. The summed E-state index contributed by atoms with van der Waals surface area (Å²) in [6.45, 7) is 0.746. The van der Waals surface area contributed by atoms with Gasteiger partial charge in [0.15, 0.2) is 0 Å². The molecule has 0 aliphatic carbocycles. The van der Waals surface area contributed by atoms with Gasteiger partial charge in [0, 0.05) is 10.7 Å². The lowest BCUT2D eigenvalue weighted by Crippen LogP contribution is -2.03. The van der Waals surface area contributed by atoms with E-state index in [1.54, 1.807) is 0 Å². The number of hydrogen-bond donors (Lipinski definition) is 1. The molecule has 2 N–H and O–H groups in total. The number of hydrogen-bond acceptors (Lipinski definition) is 2. The third-order valence-corrected chi connectivity index (χ3v) is 2.16. The Labute approximate surface area is 82.0 Å². The van der Waals surface area contributed by atoms with Crippen LogP contribution in [0.1, 0.15) is 5.56 Å². The van der Waals surface area contributed by atoms with Gasteiger partial charge in [-0.25, -0.2) is 0 Å². The Morgan fingerprint density at radius 3 is 2.62 bits per heavy atom. The van der Waals surface area contributed by atoms with E-state index in [2.05, 4.69) is 0 Å². The number of epoxide rings is 1. The van der Waals surface area contributed by atoms with Crippen LogP contribution in [-0.4, -0.2) is 12.7 Å². The van der Waals surface area contributed by atoms with Gasteiger partial charge in [0.1, 0.15) is 6.10 Å². The molecular weight excluding hydrogens is 186 g/mol. The van der Waals surface area contributed by atoms with E-state index in [1.807, 2.05) is 30.3 Å². The minimum atomic E-state index is 0.135. The Kier molecular flexibility index (Phi) is 2.25. The van der Waals surface area contributed by atoms with Gasteiger partial charge in [0.25, 0.3) is 0 Å². The number of nitrogens with two attached hydrogens (primary N) is 1. The monoisotopic (exact) mass is 195 g/mol. The van der Waals surface area contributed by atoms with Gasteiger partial charge in [-0.05, 0) is 23.8 Å². The maximum atomic E-state index is 5.75. The quantitative estimate of drug-likeness (QED) is 0.734. The highest BCUT2D eigenvalue weighted by Gasteiger charge is 2.24. The molecule has 0 saturated carbocycles. The van der Waals surface area contributed by atoms with Gasteiger partial charge in [-0.2, -0.15) is 0 Å². The van der Waals surface area contributed by atoms with Crippen molar-refractivity contribution < 1.29 is 4.74 Å². The Balaban J connectivity index is 2.16. The van der Waals surface area contributed by atoms with Crippen LogP contribution in [0.5, 0.6) is 0 Å². The molecule has 68 valence electrons. The summed E-state index contributed by atoms with van der Waals surface area (Å²) in [5.74, 6) is 0. The summed E-state index contributed by atoms with van der Waals surface area (Å²) in [4.78, 5) is 0. The fraction of sp³-hybridized carbons (Fsp3) is 0.200. The van der Waals surface area contributed by atoms with Crippen LogP contribution in [0.4, 0.5) is 0 Å². The van der Waals surface area contributed by atoms with E-state index >= 15 is 0 Å². The highest BCUT2D eigenvalue weighted by molar-refractivity contribution is 6.30. The standard InChI is InChI=1S/C10H10ClNO/c11-8-3-1-7(2-4-8)5-9(12)10-6-13-10/h1-5,10H,6,12H2/b9-5-/t10-/m1/s1. The van der Waals surface area contributed by atoms with E-state index in [9.17, 15) is 0 Å². The molecule has 0 spiro atoms. The number of rotatable bonds is 2. The molecule has 0 unspecified atom stereocenters. The van der Waals surface area contributed by atoms with Crippen LogP contribution in [0.3, 0.4) is 0 Å². The molecule has 1 aliphatic heterocycles. The molecule has 0 amide bonds. The highest BCUT2D eigenvalue weighted by atomic mass is 35.5. The molecular formula is C10H10ClNO. The van der Waals surface area contributed by atoms with Crippen LogP contribution in [0.25, 0.3) is 6.08 Å². The van der Waals surface area contributed by atoms with Gasteiger partial charge in [-0.15, -0.1) is 0 Å². The Morgan fingerprint density at radius 1 is 1.46 bits per heavy atom.